The number of ether oxygens (including phenoxy) is 4. The van der Waals surface area contributed by atoms with Crippen molar-refractivity contribution in [2.45, 2.75) is 173 Å². The van der Waals surface area contributed by atoms with Crippen LogP contribution in [-0.4, -0.2) is 74.2 Å². The highest BCUT2D eigenvalue weighted by Gasteiger charge is 2.40. The predicted octanol–water partition coefficient (Wildman–Crippen LogP) is 19.1. The van der Waals surface area contributed by atoms with Gasteiger partial charge in [0.1, 0.15) is 48.9 Å². The SMILES string of the molecule is C#CC(=O)N(c1cc(OC)ccc1C)C(C(=O)CC1CCCC1)c1cccs1.C#CC(=O)N(c1ccc(OC)cc1C)C(C(=O)CC1CCCC1)c1cccs1.C#CC(=O)N(c1ccc2c(c1)OCCO2)C(C(=O)CC1CCCC1)c1ccccc1.C#CC(=O)N(c1cccc(C)c1)C(C(=O)CC1CCCC1)c1cccs1. The van der Waals surface area contributed by atoms with Crippen molar-refractivity contribution in [3.63, 3.8) is 0 Å². The Hall–Kier alpha value is -10.8. The Kier molecular flexibility index (Phi) is 31.0. The lowest BCUT2D eigenvalue weighted by Crippen LogP contribution is -2.39. The second-order valence-corrected chi connectivity index (χ2v) is 32.0. The minimum atomic E-state index is -0.780. The van der Waals surface area contributed by atoms with Crippen LogP contribution in [-0.2, 0) is 38.4 Å². The number of carbonyl (C=O) groups is 8. The van der Waals surface area contributed by atoms with Gasteiger partial charge in [0.2, 0.25) is 0 Å². The maximum absolute atomic E-state index is 13.5. The lowest BCUT2D eigenvalue weighted by atomic mass is 9.92. The molecule has 5 aromatic carbocycles. The van der Waals surface area contributed by atoms with Gasteiger partial charge in [0, 0.05) is 69.5 Å². The zero-order chi connectivity index (χ0) is 79.6. The Balaban J connectivity index is 0.000000159. The Morgan fingerprint density at radius 2 is 0.786 bits per heavy atom. The highest BCUT2D eigenvalue weighted by molar-refractivity contribution is 7.10. The van der Waals surface area contributed by atoms with E-state index in [9.17, 15) is 38.4 Å². The third-order valence-corrected chi connectivity index (χ3v) is 24.2. The number of benzene rings is 5. The van der Waals surface area contributed by atoms with Gasteiger partial charge in [0.05, 0.1) is 19.9 Å². The standard InChI is InChI=1S/C25H25NO4.2C23H25NO3S.C22H23NO2S/c1-2-24(28)26(20-12-13-22-23(17-20)30-15-14-29-22)25(19-10-4-3-5-11-19)21(27)16-18-8-6-7-9-18;1-4-22(26)24(19-12-11-18(27-3)14-16(19)2)23(21-10-7-13-28-21)20(25)15-17-8-5-6-9-17;1-4-22(26)24(19-15-18(27-3)12-11-16(19)2)23(21-10-7-13-28-21)20(25)14-17-8-5-6-9-17;1-3-21(25)23(18-11-6-8-16(2)14-18)22(20-12-7-13-26-20)19(24)15-17-9-4-5-10-17/h1,3-5,10-13,17-18,25H,6-9,14-16H2;1,7,10-14,17,23H,5-6,8-9,15H2,2-3H3;1,7,10-13,15,17,23H,5-6,8-9,14H2,2-3H3;1,6-8,11-14,17,22H,4-5,9-10,15H2,2H3. The number of hydrogen-bond donors (Lipinski definition) is 0. The van der Waals surface area contributed by atoms with E-state index in [1.807, 2.05) is 146 Å². The number of rotatable bonds is 26. The average molecular weight is 1560 g/mol. The summed E-state index contributed by atoms with van der Waals surface area (Å²) in [5.41, 5.74) is 5.91. The van der Waals surface area contributed by atoms with Gasteiger partial charge in [-0.15, -0.1) is 59.7 Å². The molecule has 3 aromatic heterocycles. The van der Waals surface area contributed by atoms with Crippen molar-refractivity contribution in [1.29, 1.82) is 0 Å². The number of fused-ring (bicyclic) bond motifs is 1. The molecule has 4 unspecified atom stereocenters. The number of nitrogens with zero attached hydrogens (tertiary/aromatic N) is 4. The first kappa shape index (κ1) is 83.7. The zero-order valence-electron chi connectivity index (χ0n) is 64.5. The maximum Gasteiger partial charge on any atom is 0.303 e. The summed E-state index contributed by atoms with van der Waals surface area (Å²) in [6.45, 7) is 6.66. The first-order chi connectivity index (χ1) is 54.4. The van der Waals surface area contributed by atoms with Gasteiger partial charge in [0.15, 0.2) is 34.6 Å². The van der Waals surface area contributed by atoms with Gasteiger partial charge in [-0.3, -0.25) is 58.0 Å². The van der Waals surface area contributed by atoms with E-state index >= 15 is 0 Å². The fraction of sp³-hybridized carbons (Fsp3) is 0.376. The van der Waals surface area contributed by atoms with E-state index in [1.165, 1.54) is 92.1 Å². The fourth-order valence-corrected chi connectivity index (χ4v) is 18.4. The molecule has 16 nitrogen and oxygen atoms in total. The van der Waals surface area contributed by atoms with Crippen molar-refractivity contribution in [1.82, 2.24) is 0 Å². The molecule has 0 N–H and O–H groups in total. The Bertz CT molecular complexity index is 4710. The van der Waals surface area contributed by atoms with Crippen molar-refractivity contribution in [3.05, 3.63) is 199 Å². The third-order valence-electron chi connectivity index (χ3n) is 21.5. The molecule has 4 fully saturated rings. The molecule has 4 amide bonds. The minimum Gasteiger partial charge on any atom is -0.497 e. The Morgan fingerprint density at radius 3 is 1.21 bits per heavy atom. The molecule has 19 heteroatoms. The highest BCUT2D eigenvalue weighted by Crippen LogP contribution is 2.44. The summed E-state index contributed by atoms with van der Waals surface area (Å²) >= 11 is 4.43. The lowest BCUT2D eigenvalue weighted by molar-refractivity contribution is -0.124. The summed E-state index contributed by atoms with van der Waals surface area (Å²) < 4.78 is 21.9. The predicted molar refractivity (Wildman–Crippen MR) is 446 cm³/mol. The van der Waals surface area contributed by atoms with Crippen LogP contribution in [0, 0.1) is 93.8 Å². The summed E-state index contributed by atoms with van der Waals surface area (Å²) in [7, 11) is 3.17. The fourth-order valence-electron chi connectivity index (χ4n) is 15.9. The third kappa shape index (κ3) is 21.7. The van der Waals surface area contributed by atoms with Gasteiger partial charge in [-0.25, -0.2) is 0 Å². The zero-order valence-corrected chi connectivity index (χ0v) is 66.9. The molecule has 4 atom stereocenters. The topological polar surface area (TPSA) is 186 Å². The first-order valence-corrected chi connectivity index (χ1v) is 41.2. The van der Waals surface area contributed by atoms with Crippen LogP contribution < -0.4 is 38.5 Å². The second-order valence-electron chi connectivity index (χ2n) is 29.1. The summed E-state index contributed by atoms with van der Waals surface area (Å²) in [6.07, 6.45) is 41.8. The van der Waals surface area contributed by atoms with Crippen LogP contribution in [0.1, 0.15) is 189 Å². The number of methoxy groups -OCH3 is 2. The molecule has 112 heavy (non-hydrogen) atoms. The van der Waals surface area contributed by atoms with E-state index in [4.69, 9.17) is 44.6 Å². The molecule has 1 aliphatic heterocycles. The number of terminal acetylenes is 4. The normalized spacial score (nSPS) is 15.5. The molecule has 4 aliphatic carbocycles. The van der Waals surface area contributed by atoms with E-state index in [-0.39, 0.29) is 23.1 Å². The highest BCUT2D eigenvalue weighted by atomic mass is 32.1. The van der Waals surface area contributed by atoms with Gasteiger partial charge in [-0.05, 0) is 173 Å². The summed E-state index contributed by atoms with van der Waals surface area (Å²) in [6, 6.07) is 41.6. The summed E-state index contributed by atoms with van der Waals surface area (Å²) in [5, 5.41) is 5.77. The summed E-state index contributed by atoms with van der Waals surface area (Å²) in [4.78, 5) is 113. The molecule has 4 saturated carbocycles. The number of hydrogen-bond acceptors (Lipinski definition) is 15. The molecule has 8 aromatic rings. The number of anilines is 4. The van der Waals surface area contributed by atoms with Crippen LogP contribution in [0.15, 0.2) is 162 Å². The maximum atomic E-state index is 13.5. The number of amides is 4. The number of carbonyl (C=O) groups excluding carboxylic acids is 8. The molecule has 13 rings (SSSR count). The van der Waals surface area contributed by atoms with E-state index in [0.717, 1.165) is 101 Å². The number of aryl methyl sites for hydroxylation is 3. The van der Waals surface area contributed by atoms with E-state index in [1.54, 1.807) is 50.6 Å². The molecule has 0 bridgehead atoms. The quantitative estimate of drug-likeness (QED) is 0.0468. The summed E-state index contributed by atoms with van der Waals surface area (Å²) in [5.74, 6) is 11.0. The van der Waals surface area contributed by atoms with Gasteiger partial charge >= 0.3 is 23.6 Å². The Morgan fingerprint density at radius 1 is 0.393 bits per heavy atom. The molecular formula is C93H98N4O12S3. The van der Waals surface area contributed by atoms with Crippen molar-refractivity contribution >= 4 is 104 Å². The smallest absolute Gasteiger partial charge is 0.303 e. The van der Waals surface area contributed by atoms with Crippen molar-refractivity contribution < 1.29 is 57.3 Å². The molecular weight excluding hydrogens is 1460 g/mol. The van der Waals surface area contributed by atoms with Crippen LogP contribution in [0.3, 0.4) is 0 Å². The molecule has 4 heterocycles. The first-order valence-electron chi connectivity index (χ1n) is 38.6. The van der Waals surface area contributed by atoms with Gasteiger partial charge in [-0.1, -0.05) is 169 Å². The second kappa shape index (κ2) is 41.5. The molecule has 0 radical (unpaired) electrons. The van der Waals surface area contributed by atoms with Crippen molar-refractivity contribution in [3.8, 4) is 72.4 Å². The number of ketones is 4. The van der Waals surface area contributed by atoms with Gasteiger partial charge < -0.3 is 18.9 Å². The van der Waals surface area contributed by atoms with Gasteiger partial charge in [0.25, 0.3) is 0 Å². The molecule has 0 spiro atoms. The van der Waals surface area contributed by atoms with Crippen LogP contribution in [0.5, 0.6) is 23.0 Å². The average Bonchev–Trinajstić information content (AvgIpc) is 1.26. The van der Waals surface area contributed by atoms with Crippen LogP contribution in [0.4, 0.5) is 22.7 Å². The molecule has 5 aliphatic rings. The van der Waals surface area contributed by atoms with Crippen LogP contribution in [0.25, 0.3) is 0 Å². The minimum absolute atomic E-state index is 0.00610. The number of Topliss-reactive ketones (excluding diaryl/α,β-unsaturated/α-hetero) is 4. The van der Waals surface area contributed by atoms with E-state index < -0.39 is 47.8 Å². The monoisotopic (exact) mass is 1560 g/mol. The largest absolute Gasteiger partial charge is 0.497 e. The van der Waals surface area contributed by atoms with Crippen molar-refractivity contribution in [2.75, 3.05) is 47.0 Å². The molecule has 0 saturated heterocycles. The van der Waals surface area contributed by atoms with E-state index in [2.05, 4.69) is 23.7 Å². The number of thiophene rings is 3. The van der Waals surface area contributed by atoms with Crippen LogP contribution >= 0.6 is 34.0 Å². The van der Waals surface area contributed by atoms with Crippen molar-refractivity contribution in [2.24, 2.45) is 23.7 Å². The van der Waals surface area contributed by atoms with Crippen LogP contribution in [0.2, 0.25) is 0 Å². The van der Waals surface area contributed by atoms with E-state index in [0.29, 0.717) is 108 Å². The lowest BCUT2D eigenvalue weighted by Gasteiger charge is -2.31. The Labute approximate surface area is 671 Å². The molecule has 580 valence electrons. The van der Waals surface area contributed by atoms with Gasteiger partial charge in [-0.2, -0.15) is 0 Å².